The molecule has 2 aliphatic rings. The first kappa shape index (κ1) is 21.4. The molecule has 1 aromatic heterocycles. The average Bonchev–Trinajstić information content (AvgIpc) is 3.30. The summed E-state index contributed by atoms with van der Waals surface area (Å²) in [6.07, 6.45) is 0.855. The van der Waals surface area contributed by atoms with E-state index in [1.54, 1.807) is 0 Å². The SMILES string of the molecule is Cc1nn(-c2ccccc2)c(C)c1[C@@H]1C(=O)NCCN1CC(=O)N1c2ccccc2C[C@@H]1C. The lowest BCUT2D eigenvalue weighted by atomic mass is 10.00. The molecule has 33 heavy (non-hydrogen) atoms. The molecule has 0 unspecified atom stereocenters. The first-order chi connectivity index (χ1) is 16.0. The zero-order valence-electron chi connectivity index (χ0n) is 19.3. The van der Waals surface area contributed by atoms with Crippen molar-refractivity contribution < 1.29 is 9.59 Å². The number of anilines is 1. The molecule has 5 rings (SSSR count). The molecule has 7 heteroatoms. The lowest BCUT2D eigenvalue weighted by molar-refractivity contribution is -0.131. The Morgan fingerprint density at radius 3 is 2.61 bits per heavy atom. The minimum Gasteiger partial charge on any atom is -0.353 e. The number of nitrogens with one attached hydrogen (secondary N) is 1. The van der Waals surface area contributed by atoms with Gasteiger partial charge < -0.3 is 10.2 Å². The van der Waals surface area contributed by atoms with Crippen LogP contribution in [0.25, 0.3) is 5.69 Å². The van der Waals surface area contributed by atoms with Gasteiger partial charge in [-0.25, -0.2) is 4.68 Å². The van der Waals surface area contributed by atoms with Crippen LogP contribution in [-0.2, 0) is 16.0 Å². The number of fused-ring (bicyclic) bond motifs is 1. The number of aryl methyl sites for hydroxylation is 1. The molecule has 2 aliphatic heterocycles. The molecule has 170 valence electrons. The maximum absolute atomic E-state index is 13.5. The Kier molecular flexibility index (Phi) is 5.50. The fraction of sp³-hybridized carbons (Fsp3) is 0.346. The van der Waals surface area contributed by atoms with E-state index in [4.69, 9.17) is 5.10 Å². The summed E-state index contributed by atoms with van der Waals surface area (Å²) in [5.41, 5.74) is 5.72. The summed E-state index contributed by atoms with van der Waals surface area (Å²) >= 11 is 0. The third kappa shape index (κ3) is 3.72. The number of nitrogens with zero attached hydrogens (tertiary/aromatic N) is 4. The number of para-hydroxylation sites is 2. The normalized spacial score (nSPS) is 20.6. The van der Waals surface area contributed by atoms with Gasteiger partial charge in [-0.05, 0) is 51.0 Å². The third-order valence-electron chi connectivity index (χ3n) is 6.75. The van der Waals surface area contributed by atoms with Gasteiger partial charge in [0.05, 0.1) is 17.9 Å². The molecule has 0 spiro atoms. The Hall–Kier alpha value is -3.45. The maximum atomic E-state index is 13.5. The molecule has 1 saturated heterocycles. The highest BCUT2D eigenvalue weighted by Crippen LogP contribution is 2.34. The zero-order chi connectivity index (χ0) is 23.1. The van der Waals surface area contributed by atoms with Crippen molar-refractivity contribution in [2.75, 3.05) is 24.5 Å². The predicted molar refractivity (Wildman–Crippen MR) is 127 cm³/mol. The van der Waals surface area contributed by atoms with Crippen molar-refractivity contribution in [3.05, 3.63) is 77.1 Å². The minimum absolute atomic E-state index is 0.0258. The van der Waals surface area contributed by atoms with Crippen molar-refractivity contribution in [1.29, 1.82) is 0 Å². The van der Waals surface area contributed by atoms with Crippen LogP contribution in [0, 0.1) is 13.8 Å². The first-order valence-electron chi connectivity index (χ1n) is 11.5. The Balaban J connectivity index is 1.46. The van der Waals surface area contributed by atoms with Gasteiger partial charge in [-0.15, -0.1) is 0 Å². The highest BCUT2D eigenvalue weighted by Gasteiger charge is 2.38. The number of rotatable bonds is 4. The smallest absolute Gasteiger partial charge is 0.242 e. The molecule has 2 atom stereocenters. The fourth-order valence-electron chi connectivity index (χ4n) is 5.26. The van der Waals surface area contributed by atoms with Crippen LogP contribution < -0.4 is 10.2 Å². The molecule has 1 fully saturated rings. The lowest BCUT2D eigenvalue weighted by Crippen LogP contribution is -2.53. The van der Waals surface area contributed by atoms with Crippen LogP contribution >= 0.6 is 0 Å². The quantitative estimate of drug-likeness (QED) is 0.673. The van der Waals surface area contributed by atoms with E-state index in [0.717, 1.165) is 34.7 Å². The number of benzene rings is 2. The van der Waals surface area contributed by atoms with Crippen molar-refractivity contribution in [3.8, 4) is 5.69 Å². The van der Waals surface area contributed by atoms with Gasteiger partial charge in [0.2, 0.25) is 11.8 Å². The topological polar surface area (TPSA) is 70.5 Å². The Labute approximate surface area is 194 Å². The standard InChI is InChI=1S/C26H29N5O2/c1-17-15-20-9-7-8-12-22(20)30(17)23(32)16-29-14-13-27-26(33)25(29)24-18(2)28-31(19(24)3)21-10-5-4-6-11-21/h4-12,17,25H,13-16H2,1-3H3,(H,27,33)/t17-,25+/m0/s1. The van der Waals surface area contributed by atoms with Gasteiger partial charge >= 0.3 is 0 Å². The Morgan fingerprint density at radius 2 is 1.82 bits per heavy atom. The lowest BCUT2D eigenvalue weighted by Gasteiger charge is -2.36. The molecule has 2 amide bonds. The number of piperazine rings is 1. The van der Waals surface area contributed by atoms with E-state index in [0.29, 0.717) is 13.1 Å². The van der Waals surface area contributed by atoms with E-state index in [9.17, 15) is 9.59 Å². The molecule has 0 aliphatic carbocycles. The molecule has 0 saturated carbocycles. The maximum Gasteiger partial charge on any atom is 0.242 e. The van der Waals surface area contributed by atoms with E-state index in [2.05, 4.69) is 18.3 Å². The molecule has 0 bridgehead atoms. The number of carbonyl (C=O) groups is 2. The number of carbonyl (C=O) groups excluding carboxylic acids is 2. The van der Waals surface area contributed by atoms with Crippen molar-refractivity contribution in [3.63, 3.8) is 0 Å². The van der Waals surface area contributed by atoms with Crippen LogP contribution in [-0.4, -0.2) is 52.2 Å². The summed E-state index contributed by atoms with van der Waals surface area (Å²) in [6, 6.07) is 17.5. The van der Waals surface area contributed by atoms with E-state index in [1.807, 2.05) is 76.9 Å². The van der Waals surface area contributed by atoms with Gasteiger partial charge in [0.1, 0.15) is 6.04 Å². The molecular formula is C26H29N5O2. The zero-order valence-corrected chi connectivity index (χ0v) is 19.3. The molecule has 3 aromatic rings. The highest BCUT2D eigenvalue weighted by atomic mass is 16.2. The van der Waals surface area contributed by atoms with Gasteiger partial charge in [-0.2, -0.15) is 5.10 Å². The van der Waals surface area contributed by atoms with Crippen LogP contribution in [0.1, 0.15) is 35.5 Å². The molecule has 0 radical (unpaired) electrons. The van der Waals surface area contributed by atoms with Crippen LogP contribution in [0.15, 0.2) is 54.6 Å². The molecule has 7 nitrogen and oxygen atoms in total. The van der Waals surface area contributed by atoms with Crippen LogP contribution in [0.5, 0.6) is 0 Å². The summed E-state index contributed by atoms with van der Waals surface area (Å²) in [5.74, 6) is -0.0550. The predicted octanol–water partition coefficient (Wildman–Crippen LogP) is 2.94. The monoisotopic (exact) mass is 443 g/mol. The number of hydrogen-bond acceptors (Lipinski definition) is 4. The largest absolute Gasteiger partial charge is 0.353 e. The van der Waals surface area contributed by atoms with Gasteiger partial charge in [0.25, 0.3) is 0 Å². The van der Waals surface area contributed by atoms with Crippen molar-refractivity contribution >= 4 is 17.5 Å². The summed E-state index contributed by atoms with van der Waals surface area (Å²) in [5, 5.41) is 7.73. The number of aromatic nitrogens is 2. The van der Waals surface area contributed by atoms with E-state index in [-0.39, 0.29) is 24.4 Å². The number of hydrogen-bond donors (Lipinski definition) is 1. The van der Waals surface area contributed by atoms with Crippen molar-refractivity contribution in [2.45, 2.75) is 39.3 Å². The van der Waals surface area contributed by atoms with E-state index >= 15 is 0 Å². The van der Waals surface area contributed by atoms with Crippen molar-refractivity contribution in [2.24, 2.45) is 0 Å². The number of amides is 2. The molecular weight excluding hydrogens is 414 g/mol. The van der Waals surface area contributed by atoms with Gasteiger partial charge in [-0.3, -0.25) is 14.5 Å². The third-order valence-corrected chi connectivity index (χ3v) is 6.75. The van der Waals surface area contributed by atoms with Gasteiger partial charge in [0, 0.05) is 36.1 Å². The second kappa shape index (κ2) is 8.48. The molecule has 1 N–H and O–H groups in total. The Bertz CT molecular complexity index is 1200. The average molecular weight is 444 g/mol. The summed E-state index contributed by atoms with van der Waals surface area (Å²) in [4.78, 5) is 30.5. The van der Waals surface area contributed by atoms with Gasteiger partial charge in [0.15, 0.2) is 0 Å². The summed E-state index contributed by atoms with van der Waals surface area (Å²) < 4.78 is 1.88. The fourth-order valence-corrected chi connectivity index (χ4v) is 5.26. The molecule has 2 aromatic carbocycles. The van der Waals surface area contributed by atoms with Crippen LogP contribution in [0.4, 0.5) is 5.69 Å². The summed E-state index contributed by atoms with van der Waals surface area (Å²) in [7, 11) is 0. The van der Waals surface area contributed by atoms with Crippen molar-refractivity contribution in [1.82, 2.24) is 20.0 Å². The van der Waals surface area contributed by atoms with Crippen LogP contribution in [0.3, 0.4) is 0 Å². The highest BCUT2D eigenvalue weighted by molar-refractivity contribution is 5.98. The molecule has 3 heterocycles. The van der Waals surface area contributed by atoms with E-state index < -0.39 is 6.04 Å². The minimum atomic E-state index is -0.548. The second-order valence-corrected chi connectivity index (χ2v) is 8.94. The Morgan fingerprint density at radius 1 is 1.09 bits per heavy atom. The van der Waals surface area contributed by atoms with Gasteiger partial charge in [-0.1, -0.05) is 36.4 Å². The second-order valence-electron chi connectivity index (χ2n) is 8.94. The summed E-state index contributed by atoms with van der Waals surface area (Å²) in [6.45, 7) is 7.33. The van der Waals surface area contributed by atoms with Crippen LogP contribution in [0.2, 0.25) is 0 Å². The van der Waals surface area contributed by atoms with E-state index in [1.165, 1.54) is 5.56 Å². The first-order valence-corrected chi connectivity index (χ1v) is 11.5.